The van der Waals surface area contributed by atoms with E-state index in [1.54, 1.807) is 18.2 Å². The minimum atomic E-state index is -1.13. The number of carboxylic acids is 1. The Kier molecular flexibility index (Phi) is 5.03. The summed E-state index contributed by atoms with van der Waals surface area (Å²) in [6.07, 6.45) is 0.286. The highest BCUT2D eigenvalue weighted by atomic mass is 35.5. The fraction of sp³-hybridized carbons (Fsp3) is 0.278. The van der Waals surface area contributed by atoms with Crippen LogP contribution in [0, 0.1) is 0 Å². The number of alkyl halides is 2. The number of rotatable bonds is 4. The lowest BCUT2D eigenvalue weighted by Gasteiger charge is -2.33. The topological polar surface area (TPSA) is 102 Å². The number of thioether (sulfide) groups is 1. The van der Waals surface area contributed by atoms with E-state index < -0.39 is 35.7 Å². The first-order valence-corrected chi connectivity index (χ1v) is 10.2. The molecule has 7 nitrogen and oxygen atoms in total. The van der Waals surface area contributed by atoms with E-state index in [4.69, 9.17) is 28.3 Å². The molecule has 10 heteroatoms. The fourth-order valence-corrected chi connectivity index (χ4v) is 5.19. The molecule has 3 N–H and O–H groups in total. The number of H-pyrrole nitrogens is 1. The maximum atomic E-state index is 12.8. The van der Waals surface area contributed by atoms with Gasteiger partial charge in [0.25, 0.3) is 5.91 Å². The van der Waals surface area contributed by atoms with Crippen molar-refractivity contribution in [1.82, 2.24) is 10.3 Å². The number of hydrogen-bond donors (Lipinski definition) is 3. The first-order chi connectivity index (χ1) is 13.3. The zero-order valence-corrected chi connectivity index (χ0v) is 16.6. The molecule has 3 unspecified atom stereocenters. The summed E-state index contributed by atoms with van der Waals surface area (Å²) in [5, 5.41) is 11.4. The van der Waals surface area contributed by atoms with Crippen LogP contribution in [0.15, 0.2) is 35.2 Å². The lowest BCUT2D eigenvalue weighted by atomic mass is 9.97. The average Bonchev–Trinajstić information content (AvgIpc) is 3.18. The van der Waals surface area contributed by atoms with E-state index in [2.05, 4.69) is 10.3 Å². The van der Waals surface area contributed by atoms with E-state index in [-0.39, 0.29) is 16.8 Å². The molecule has 2 aliphatic heterocycles. The van der Waals surface area contributed by atoms with Crippen LogP contribution in [-0.4, -0.2) is 45.2 Å². The third-order valence-corrected chi connectivity index (χ3v) is 7.03. The molecule has 2 amide bonds. The lowest BCUT2D eigenvalue weighted by molar-refractivity contribution is -0.137. The second-order valence-electron chi connectivity index (χ2n) is 6.51. The zero-order valence-electron chi connectivity index (χ0n) is 14.3. The minimum Gasteiger partial charge on any atom is -0.480 e. The van der Waals surface area contributed by atoms with Crippen LogP contribution >= 0.6 is 35.0 Å². The second-order valence-corrected chi connectivity index (χ2v) is 8.89. The summed E-state index contributed by atoms with van der Waals surface area (Å²) in [6, 6.07) is 7.86. The van der Waals surface area contributed by atoms with Crippen molar-refractivity contribution < 1.29 is 19.5 Å². The van der Waals surface area contributed by atoms with E-state index in [1.807, 2.05) is 12.1 Å². The number of carbonyl (C=O) groups is 3. The Hall–Kier alpha value is -2.16. The number of aliphatic carboxylic acids is 1. The van der Waals surface area contributed by atoms with E-state index in [0.717, 1.165) is 10.5 Å². The lowest BCUT2D eigenvalue weighted by Crippen LogP contribution is -2.54. The van der Waals surface area contributed by atoms with Gasteiger partial charge in [0.15, 0.2) is 0 Å². The number of halogens is 2. The molecule has 3 atom stereocenters. The Morgan fingerprint density at radius 1 is 1.32 bits per heavy atom. The van der Waals surface area contributed by atoms with Crippen LogP contribution in [0.4, 0.5) is 5.69 Å². The molecule has 28 heavy (non-hydrogen) atoms. The predicted octanol–water partition coefficient (Wildman–Crippen LogP) is 2.74. The third kappa shape index (κ3) is 3.36. The van der Waals surface area contributed by atoms with E-state index in [9.17, 15) is 14.4 Å². The number of aromatic nitrogens is 1. The van der Waals surface area contributed by atoms with Gasteiger partial charge in [0.1, 0.15) is 28.4 Å². The molecule has 0 saturated carbocycles. The summed E-state index contributed by atoms with van der Waals surface area (Å²) in [5.74, 6) is -2.05. The van der Waals surface area contributed by atoms with Gasteiger partial charge in [0, 0.05) is 22.7 Å². The number of aromatic amines is 1. The van der Waals surface area contributed by atoms with Crippen molar-refractivity contribution in [3.8, 4) is 0 Å². The van der Waals surface area contributed by atoms with Crippen LogP contribution in [0.5, 0.6) is 0 Å². The first-order valence-electron chi connectivity index (χ1n) is 8.45. The number of anilines is 1. The smallest absolute Gasteiger partial charge is 0.323 e. The normalized spacial score (nSPS) is 23.3. The standard InChI is InChI=1S/C18H15Cl2N3O4S/c19-14-15-12(28-16(14)20)6-9(21-15)17(26)22-10-5-8-3-1-2-4-11(8)23(18(10)27)7-13(24)25/h1-4,6,10,14,16,21H,5,7H2,(H,22,26)(H,24,25). The summed E-state index contributed by atoms with van der Waals surface area (Å²) < 4.78 is -0.305. The van der Waals surface area contributed by atoms with Gasteiger partial charge in [-0.15, -0.1) is 35.0 Å². The molecule has 0 aliphatic carbocycles. The number of hydrogen-bond acceptors (Lipinski definition) is 4. The van der Waals surface area contributed by atoms with Crippen molar-refractivity contribution in [1.29, 1.82) is 0 Å². The molecule has 1 aromatic heterocycles. The summed E-state index contributed by atoms with van der Waals surface area (Å²) in [6.45, 7) is -0.472. The zero-order chi connectivity index (χ0) is 20.0. The van der Waals surface area contributed by atoms with Gasteiger partial charge in [0.2, 0.25) is 5.91 Å². The molecular weight excluding hydrogens is 425 g/mol. The van der Waals surface area contributed by atoms with Crippen LogP contribution in [0.25, 0.3) is 0 Å². The number of para-hydroxylation sites is 1. The Morgan fingerprint density at radius 3 is 2.79 bits per heavy atom. The Morgan fingerprint density at radius 2 is 2.07 bits per heavy atom. The third-order valence-electron chi connectivity index (χ3n) is 4.67. The fourth-order valence-electron chi connectivity index (χ4n) is 3.40. The van der Waals surface area contributed by atoms with Gasteiger partial charge in [-0.05, 0) is 17.7 Å². The number of carboxylic acid groups (broad SMARTS) is 1. The summed E-state index contributed by atoms with van der Waals surface area (Å²) in [4.78, 5) is 41.7. The number of nitrogens with one attached hydrogen (secondary N) is 2. The van der Waals surface area contributed by atoms with Gasteiger partial charge in [-0.1, -0.05) is 18.2 Å². The molecule has 0 bridgehead atoms. The van der Waals surface area contributed by atoms with Crippen LogP contribution in [0.2, 0.25) is 0 Å². The maximum Gasteiger partial charge on any atom is 0.323 e. The Balaban J connectivity index is 1.56. The number of fused-ring (bicyclic) bond motifs is 2. The van der Waals surface area contributed by atoms with Gasteiger partial charge in [-0.25, -0.2) is 0 Å². The van der Waals surface area contributed by atoms with Crippen LogP contribution in [0.1, 0.15) is 27.1 Å². The number of nitrogens with zero attached hydrogens (tertiary/aromatic N) is 1. The monoisotopic (exact) mass is 439 g/mol. The molecule has 2 aromatic rings. The van der Waals surface area contributed by atoms with Crippen LogP contribution in [0.3, 0.4) is 0 Å². The molecule has 3 heterocycles. The van der Waals surface area contributed by atoms with Crippen molar-refractivity contribution in [3.05, 3.63) is 47.3 Å². The van der Waals surface area contributed by atoms with E-state index >= 15 is 0 Å². The largest absolute Gasteiger partial charge is 0.480 e. The van der Waals surface area contributed by atoms with Crippen molar-refractivity contribution in [2.24, 2.45) is 0 Å². The molecule has 1 aromatic carbocycles. The molecule has 0 spiro atoms. The molecular formula is C18H15Cl2N3O4S. The van der Waals surface area contributed by atoms with Gasteiger partial charge in [-0.3, -0.25) is 19.3 Å². The number of amides is 2. The van der Waals surface area contributed by atoms with Gasteiger partial charge < -0.3 is 15.4 Å². The highest BCUT2D eigenvalue weighted by Gasteiger charge is 2.36. The van der Waals surface area contributed by atoms with Crippen molar-refractivity contribution in [2.75, 3.05) is 11.4 Å². The SMILES string of the molecule is O=C(O)CN1C(=O)C(NC(=O)c2cc3c([nH]2)C(Cl)C(Cl)S3)Cc2ccccc21. The van der Waals surface area contributed by atoms with Crippen LogP contribution in [-0.2, 0) is 16.0 Å². The Labute approximate surface area is 174 Å². The van der Waals surface area contributed by atoms with Crippen molar-refractivity contribution in [3.63, 3.8) is 0 Å². The first kappa shape index (κ1) is 19.2. The highest BCUT2D eigenvalue weighted by Crippen LogP contribution is 2.49. The molecule has 146 valence electrons. The maximum absolute atomic E-state index is 12.8. The number of benzene rings is 1. The average molecular weight is 440 g/mol. The Bertz CT molecular complexity index is 979. The molecule has 0 radical (unpaired) electrons. The molecule has 0 saturated heterocycles. The summed E-state index contributed by atoms with van der Waals surface area (Å²) in [5.41, 5.74) is 2.31. The quantitative estimate of drug-likeness (QED) is 0.635. The molecule has 2 aliphatic rings. The predicted molar refractivity (Wildman–Crippen MR) is 106 cm³/mol. The second kappa shape index (κ2) is 7.35. The van der Waals surface area contributed by atoms with E-state index in [1.165, 1.54) is 16.7 Å². The minimum absolute atomic E-state index is 0.281. The number of carbonyl (C=O) groups excluding carboxylic acids is 2. The van der Waals surface area contributed by atoms with Gasteiger partial charge >= 0.3 is 5.97 Å². The van der Waals surface area contributed by atoms with Crippen molar-refractivity contribution >= 4 is 58.4 Å². The van der Waals surface area contributed by atoms with Crippen LogP contribution < -0.4 is 10.2 Å². The van der Waals surface area contributed by atoms with Crippen molar-refractivity contribution in [2.45, 2.75) is 27.4 Å². The summed E-state index contributed by atoms with van der Waals surface area (Å²) in [7, 11) is 0. The molecule has 4 rings (SSSR count). The van der Waals surface area contributed by atoms with Gasteiger partial charge in [0.05, 0.1) is 0 Å². The molecule has 0 fully saturated rings. The summed E-state index contributed by atoms with van der Waals surface area (Å²) >= 11 is 13.7. The van der Waals surface area contributed by atoms with E-state index in [0.29, 0.717) is 11.4 Å². The van der Waals surface area contributed by atoms with Gasteiger partial charge in [-0.2, -0.15) is 0 Å². The highest BCUT2D eigenvalue weighted by molar-refractivity contribution is 8.01.